The largest absolute Gasteiger partial charge is 0.391 e. The first-order valence-electron chi connectivity index (χ1n) is 5.56. The van der Waals surface area contributed by atoms with Crippen LogP contribution in [0.1, 0.15) is 30.6 Å². The van der Waals surface area contributed by atoms with Crippen molar-refractivity contribution in [1.29, 1.82) is 0 Å². The van der Waals surface area contributed by atoms with E-state index < -0.39 is 0 Å². The van der Waals surface area contributed by atoms with Gasteiger partial charge in [0.05, 0.1) is 11.5 Å². The summed E-state index contributed by atoms with van der Waals surface area (Å²) in [4.78, 5) is 7.48. The summed E-state index contributed by atoms with van der Waals surface area (Å²) in [5, 5.41) is 10.0. The van der Waals surface area contributed by atoms with Gasteiger partial charge in [-0.2, -0.15) is 0 Å². The molecule has 0 unspecified atom stereocenters. The molecule has 0 bridgehead atoms. The molecule has 15 heavy (non-hydrogen) atoms. The molecular weight excluding hydrogens is 208 g/mol. The van der Waals surface area contributed by atoms with Gasteiger partial charge in [0.1, 0.15) is 0 Å². The van der Waals surface area contributed by atoms with Crippen molar-refractivity contribution in [3.05, 3.63) is 11.1 Å². The molecule has 1 aromatic heterocycles. The van der Waals surface area contributed by atoms with Crippen molar-refractivity contribution in [1.82, 2.24) is 4.98 Å². The van der Waals surface area contributed by atoms with Gasteiger partial charge in [-0.15, -0.1) is 0 Å². The molecule has 1 saturated carbocycles. The Bertz CT molecular complexity index is 307. The summed E-state index contributed by atoms with van der Waals surface area (Å²) >= 11 is 1.59. The average Bonchev–Trinajstić information content (AvgIpc) is 2.86. The van der Waals surface area contributed by atoms with E-state index in [1.807, 2.05) is 0 Å². The van der Waals surface area contributed by atoms with Gasteiger partial charge in [0.2, 0.25) is 0 Å². The van der Waals surface area contributed by atoms with Crippen molar-refractivity contribution in [2.24, 2.45) is 5.92 Å². The predicted molar refractivity (Wildman–Crippen MR) is 63.3 cm³/mol. The van der Waals surface area contributed by atoms with Crippen LogP contribution in [-0.2, 0) is 6.61 Å². The second-order valence-corrected chi connectivity index (χ2v) is 5.39. The zero-order chi connectivity index (χ0) is 10.7. The highest BCUT2D eigenvalue weighted by atomic mass is 32.1. The lowest BCUT2D eigenvalue weighted by Crippen LogP contribution is -2.23. The molecular formula is C11H18N2OS. The first-order valence-corrected chi connectivity index (χ1v) is 6.38. The lowest BCUT2D eigenvalue weighted by molar-refractivity contribution is 0.285. The Labute approximate surface area is 94.8 Å². The fraction of sp³-hybridized carbons (Fsp3) is 0.727. The van der Waals surface area contributed by atoms with Gasteiger partial charge in [0.25, 0.3) is 0 Å². The number of aliphatic hydroxyl groups excluding tert-OH is 1. The fourth-order valence-electron chi connectivity index (χ4n) is 2.21. The van der Waals surface area contributed by atoms with E-state index in [0.717, 1.165) is 22.5 Å². The third-order valence-corrected chi connectivity index (χ3v) is 4.13. The predicted octanol–water partition coefficient (Wildman–Crippen LogP) is 2.26. The van der Waals surface area contributed by atoms with E-state index in [0.29, 0.717) is 0 Å². The molecule has 1 aliphatic rings. The van der Waals surface area contributed by atoms with E-state index in [9.17, 15) is 0 Å². The third kappa shape index (κ3) is 2.69. The van der Waals surface area contributed by atoms with Crippen LogP contribution in [-0.4, -0.2) is 23.7 Å². The topological polar surface area (TPSA) is 36.4 Å². The van der Waals surface area contributed by atoms with Crippen LogP contribution in [0.25, 0.3) is 0 Å². The zero-order valence-electron chi connectivity index (χ0n) is 9.15. The Balaban J connectivity index is 1.91. The lowest BCUT2D eigenvalue weighted by atomic mass is 10.1. The van der Waals surface area contributed by atoms with Gasteiger partial charge in [0.15, 0.2) is 5.13 Å². The number of rotatable bonds is 4. The van der Waals surface area contributed by atoms with Crippen LogP contribution in [0.3, 0.4) is 0 Å². The molecule has 0 radical (unpaired) electrons. The van der Waals surface area contributed by atoms with Crippen molar-refractivity contribution in [3.63, 3.8) is 0 Å². The second kappa shape index (κ2) is 4.94. The molecule has 0 amide bonds. The summed E-state index contributed by atoms with van der Waals surface area (Å²) < 4.78 is 0. The molecule has 4 heteroatoms. The number of hydrogen-bond acceptors (Lipinski definition) is 4. The molecule has 1 heterocycles. The maximum absolute atomic E-state index is 8.97. The molecule has 1 N–H and O–H groups in total. The highest BCUT2D eigenvalue weighted by molar-refractivity contribution is 7.15. The first kappa shape index (κ1) is 10.9. The first-order chi connectivity index (χ1) is 7.29. The number of aromatic nitrogens is 1. The third-order valence-electron chi connectivity index (χ3n) is 3.03. The summed E-state index contributed by atoms with van der Waals surface area (Å²) in [6, 6.07) is 0. The standard InChI is InChI=1S/C11H18N2OS/c1-13(7-9-4-2-3-5-9)11-12-6-10(8-14)15-11/h6,9,14H,2-5,7-8H2,1H3. The summed E-state index contributed by atoms with van der Waals surface area (Å²) in [5.41, 5.74) is 0. The molecule has 84 valence electrons. The summed E-state index contributed by atoms with van der Waals surface area (Å²) in [5.74, 6) is 0.844. The SMILES string of the molecule is CN(CC1CCCC1)c1ncc(CO)s1. The van der Waals surface area contributed by atoms with Gasteiger partial charge in [-0.3, -0.25) is 0 Å². The monoisotopic (exact) mass is 226 g/mol. The fourth-order valence-corrected chi connectivity index (χ4v) is 2.95. The molecule has 1 aromatic rings. The van der Waals surface area contributed by atoms with Gasteiger partial charge >= 0.3 is 0 Å². The van der Waals surface area contributed by atoms with E-state index in [-0.39, 0.29) is 6.61 Å². The molecule has 1 fully saturated rings. The Morgan fingerprint density at radius 1 is 1.53 bits per heavy atom. The smallest absolute Gasteiger partial charge is 0.185 e. The Kier molecular flexibility index (Phi) is 3.59. The van der Waals surface area contributed by atoms with Gasteiger partial charge in [0, 0.05) is 19.8 Å². The van der Waals surface area contributed by atoms with Crippen molar-refractivity contribution >= 4 is 16.5 Å². The van der Waals surface area contributed by atoms with E-state index in [1.54, 1.807) is 17.5 Å². The molecule has 0 atom stereocenters. The highest BCUT2D eigenvalue weighted by Crippen LogP contribution is 2.28. The van der Waals surface area contributed by atoms with Crippen LogP contribution in [0.5, 0.6) is 0 Å². The summed E-state index contributed by atoms with van der Waals surface area (Å²) in [6.45, 7) is 1.22. The Morgan fingerprint density at radius 3 is 2.87 bits per heavy atom. The average molecular weight is 226 g/mol. The highest BCUT2D eigenvalue weighted by Gasteiger charge is 2.18. The van der Waals surface area contributed by atoms with Gasteiger partial charge in [-0.25, -0.2) is 4.98 Å². The number of hydrogen-bond donors (Lipinski definition) is 1. The quantitative estimate of drug-likeness (QED) is 0.855. The molecule has 2 rings (SSSR count). The minimum Gasteiger partial charge on any atom is -0.391 e. The second-order valence-electron chi connectivity index (χ2n) is 4.30. The maximum atomic E-state index is 8.97. The van der Waals surface area contributed by atoms with E-state index >= 15 is 0 Å². The maximum Gasteiger partial charge on any atom is 0.185 e. The van der Waals surface area contributed by atoms with Crippen molar-refractivity contribution in [3.8, 4) is 0 Å². The normalized spacial score (nSPS) is 17.2. The lowest BCUT2D eigenvalue weighted by Gasteiger charge is -2.19. The van der Waals surface area contributed by atoms with Gasteiger partial charge in [-0.05, 0) is 18.8 Å². The summed E-state index contributed by atoms with van der Waals surface area (Å²) in [6.07, 6.45) is 7.27. The summed E-state index contributed by atoms with van der Waals surface area (Å²) in [7, 11) is 2.10. The minimum atomic E-state index is 0.106. The number of anilines is 1. The van der Waals surface area contributed by atoms with Crippen LogP contribution in [0.4, 0.5) is 5.13 Å². The zero-order valence-corrected chi connectivity index (χ0v) is 9.96. The number of nitrogens with zero attached hydrogens (tertiary/aromatic N) is 2. The molecule has 0 aliphatic heterocycles. The molecule has 1 aliphatic carbocycles. The van der Waals surface area contributed by atoms with Crippen LogP contribution >= 0.6 is 11.3 Å². The van der Waals surface area contributed by atoms with Crippen LogP contribution in [0.2, 0.25) is 0 Å². The van der Waals surface area contributed by atoms with Gasteiger partial charge < -0.3 is 10.0 Å². The number of thiazole rings is 1. The van der Waals surface area contributed by atoms with Crippen LogP contribution in [0.15, 0.2) is 6.20 Å². The van der Waals surface area contributed by atoms with Crippen molar-refractivity contribution < 1.29 is 5.11 Å². The van der Waals surface area contributed by atoms with E-state index in [2.05, 4.69) is 16.9 Å². The van der Waals surface area contributed by atoms with Crippen LogP contribution < -0.4 is 4.90 Å². The molecule has 0 spiro atoms. The Morgan fingerprint density at radius 2 is 2.27 bits per heavy atom. The molecule has 0 saturated heterocycles. The molecule has 3 nitrogen and oxygen atoms in total. The van der Waals surface area contributed by atoms with E-state index in [4.69, 9.17) is 5.11 Å². The Hall–Kier alpha value is -0.610. The number of aliphatic hydroxyl groups is 1. The van der Waals surface area contributed by atoms with Crippen molar-refractivity contribution in [2.45, 2.75) is 32.3 Å². The van der Waals surface area contributed by atoms with Crippen molar-refractivity contribution in [2.75, 3.05) is 18.5 Å². The van der Waals surface area contributed by atoms with E-state index in [1.165, 1.54) is 25.7 Å². The van der Waals surface area contributed by atoms with Gasteiger partial charge in [-0.1, -0.05) is 24.2 Å². The van der Waals surface area contributed by atoms with Crippen LogP contribution in [0, 0.1) is 5.92 Å². The minimum absolute atomic E-state index is 0.106. The molecule has 0 aromatic carbocycles.